The van der Waals surface area contributed by atoms with Crippen LogP contribution in [0.4, 0.5) is 17.1 Å². The van der Waals surface area contributed by atoms with Gasteiger partial charge < -0.3 is 10.6 Å². The summed E-state index contributed by atoms with van der Waals surface area (Å²) in [5.74, 6) is -0.126. The molecule has 4 heteroatoms. The van der Waals surface area contributed by atoms with Crippen molar-refractivity contribution < 1.29 is 4.79 Å². The van der Waals surface area contributed by atoms with E-state index in [9.17, 15) is 4.79 Å². The third-order valence-electron chi connectivity index (χ3n) is 4.29. The average Bonchev–Trinajstić information content (AvgIpc) is 2.63. The largest absolute Gasteiger partial charge is 0.354 e. The van der Waals surface area contributed by atoms with Crippen LogP contribution < -0.4 is 10.6 Å². The van der Waals surface area contributed by atoms with Gasteiger partial charge in [0.2, 0.25) is 0 Å². The van der Waals surface area contributed by atoms with Gasteiger partial charge in [0.1, 0.15) is 0 Å². The van der Waals surface area contributed by atoms with Crippen molar-refractivity contribution in [2.24, 2.45) is 0 Å². The van der Waals surface area contributed by atoms with Gasteiger partial charge in [-0.3, -0.25) is 4.79 Å². The molecule has 0 aliphatic heterocycles. The van der Waals surface area contributed by atoms with Crippen molar-refractivity contribution in [3.8, 4) is 0 Å². The molecule has 0 unspecified atom stereocenters. The summed E-state index contributed by atoms with van der Waals surface area (Å²) < 4.78 is 0.993. The van der Waals surface area contributed by atoms with E-state index in [-0.39, 0.29) is 11.3 Å². The topological polar surface area (TPSA) is 41.1 Å². The summed E-state index contributed by atoms with van der Waals surface area (Å²) in [7, 11) is 0. The highest BCUT2D eigenvalue weighted by Gasteiger charge is 2.15. The molecule has 0 heterocycles. The fourth-order valence-corrected chi connectivity index (χ4v) is 3.14. The van der Waals surface area contributed by atoms with Crippen molar-refractivity contribution in [1.29, 1.82) is 0 Å². The van der Waals surface area contributed by atoms with Gasteiger partial charge in [-0.1, -0.05) is 67.0 Å². The maximum Gasteiger partial charge on any atom is 0.255 e. The van der Waals surface area contributed by atoms with Gasteiger partial charge >= 0.3 is 0 Å². The summed E-state index contributed by atoms with van der Waals surface area (Å²) in [5.41, 5.74) is 4.43. The number of halogens is 1. The summed E-state index contributed by atoms with van der Waals surface area (Å²) in [6.07, 6.45) is 0. The SMILES string of the molecule is CC(C)(C)c1ccc(C(=O)Nc2ccccc2Nc2cccc(Br)c2)cc1. The Morgan fingerprint density at radius 2 is 1.52 bits per heavy atom. The van der Waals surface area contributed by atoms with Crippen LogP contribution in [0.3, 0.4) is 0 Å². The van der Waals surface area contributed by atoms with Gasteiger partial charge in [-0.25, -0.2) is 0 Å². The number of para-hydroxylation sites is 2. The highest BCUT2D eigenvalue weighted by molar-refractivity contribution is 9.10. The summed E-state index contributed by atoms with van der Waals surface area (Å²) in [4.78, 5) is 12.7. The van der Waals surface area contributed by atoms with Crippen molar-refractivity contribution in [2.45, 2.75) is 26.2 Å². The fourth-order valence-electron chi connectivity index (χ4n) is 2.74. The molecule has 0 saturated heterocycles. The molecule has 0 bridgehead atoms. The molecule has 0 aromatic heterocycles. The van der Waals surface area contributed by atoms with E-state index in [1.54, 1.807) is 0 Å². The second-order valence-corrected chi connectivity index (χ2v) is 8.38. The summed E-state index contributed by atoms with van der Waals surface area (Å²) in [6, 6.07) is 23.4. The molecule has 0 radical (unpaired) electrons. The molecule has 138 valence electrons. The summed E-state index contributed by atoms with van der Waals surface area (Å²) in [6.45, 7) is 6.48. The standard InChI is InChI=1S/C23H23BrN2O/c1-23(2,3)17-13-11-16(12-14-17)22(27)26-21-10-5-4-9-20(21)25-19-8-6-7-18(24)15-19/h4-15,25H,1-3H3,(H,26,27). The van der Waals surface area contributed by atoms with Gasteiger partial charge in [0.25, 0.3) is 5.91 Å². The minimum Gasteiger partial charge on any atom is -0.354 e. The first-order chi connectivity index (χ1) is 12.8. The Morgan fingerprint density at radius 3 is 2.15 bits per heavy atom. The van der Waals surface area contributed by atoms with E-state index in [4.69, 9.17) is 0 Å². The third kappa shape index (κ3) is 4.98. The van der Waals surface area contributed by atoms with Crippen LogP contribution in [0.2, 0.25) is 0 Å². The molecule has 3 aromatic rings. The molecule has 1 amide bonds. The highest BCUT2D eigenvalue weighted by Crippen LogP contribution is 2.27. The van der Waals surface area contributed by atoms with Gasteiger partial charge in [0.15, 0.2) is 0 Å². The van der Waals surface area contributed by atoms with Crippen molar-refractivity contribution in [2.75, 3.05) is 10.6 Å². The molecule has 3 rings (SSSR count). The van der Waals surface area contributed by atoms with Crippen LogP contribution in [0, 0.1) is 0 Å². The number of benzene rings is 3. The second-order valence-electron chi connectivity index (χ2n) is 7.46. The number of carbonyl (C=O) groups is 1. The van der Waals surface area contributed by atoms with Crippen LogP contribution in [0.15, 0.2) is 77.3 Å². The van der Waals surface area contributed by atoms with Crippen molar-refractivity contribution in [3.05, 3.63) is 88.4 Å². The molecule has 27 heavy (non-hydrogen) atoms. The lowest BCUT2D eigenvalue weighted by atomic mass is 9.87. The molecule has 0 spiro atoms. The van der Waals surface area contributed by atoms with E-state index >= 15 is 0 Å². The molecule has 3 aromatic carbocycles. The van der Waals surface area contributed by atoms with Crippen LogP contribution in [0.25, 0.3) is 0 Å². The monoisotopic (exact) mass is 422 g/mol. The predicted molar refractivity (Wildman–Crippen MR) is 117 cm³/mol. The lowest BCUT2D eigenvalue weighted by Crippen LogP contribution is -2.15. The Balaban J connectivity index is 1.78. The van der Waals surface area contributed by atoms with E-state index in [0.29, 0.717) is 5.56 Å². The summed E-state index contributed by atoms with van der Waals surface area (Å²) in [5, 5.41) is 6.36. The predicted octanol–water partition coefficient (Wildman–Crippen LogP) is 6.74. The van der Waals surface area contributed by atoms with E-state index < -0.39 is 0 Å². The molecular weight excluding hydrogens is 400 g/mol. The molecule has 0 fully saturated rings. The third-order valence-corrected chi connectivity index (χ3v) is 4.79. The number of carbonyl (C=O) groups excluding carboxylic acids is 1. The first-order valence-corrected chi connectivity index (χ1v) is 9.66. The number of anilines is 3. The number of amides is 1. The lowest BCUT2D eigenvalue weighted by molar-refractivity contribution is 0.102. The first kappa shape index (κ1) is 19.2. The maximum absolute atomic E-state index is 12.7. The van der Waals surface area contributed by atoms with Gasteiger partial charge in [0, 0.05) is 15.7 Å². The molecule has 3 nitrogen and oxygen atoms in total. The zero-order chi connectivity index (χ0) is 19.4. The van der Waals surface area contributed by atoms with Gasteiger partial charge in [-0.05, 0) is 53.4 Å². The highest BCUT2D eigenvalue weighted by atomic mass is 79.9. The van der Waals surface area contributed by atoms with Crippen molar-refractivity contribution >= 4 is 38.9 Å². The quantitative estimate of drug-likeness (QED) is 0.488. The Labute approximate surface area is 168 Å². The minimum absolute atomic E-state index is 0.0650. The Kier molecular flexibility index (Phi) is 5.66. The molecule has 0 aliphatic carbocycles. The van der Waals surface area contributed by atoms with E-state index in [0.717, 1.165) is 21.5 Å². The zero-order valence-electron chi connectivity index (χ0n) is 15.7. The van der Waals surface area contributed by atoms with E-state index in [1.165, 1.54) is 5.56 Å². The minimum atomic E-state index is -0.126. The van der Waals surface area contributed by atoms with Crippen molar-refractivity contribution in [1.82, 2.24) is 0 Å². The number of nitrogens with one attached hydrogen (secondary N) is 2. The average molecular weight is 423 g/mol. The van der Waals surface area contributed by atoms with Crippen LogP contribution in [0.1, 0.15) is 36.7 Å². The van der Waals surface area contributed by atoms with Crippen LogP contribution >= 0.6 is 15.9 Å². The van der Waals surface area contributed by atoms with Crippen LogP contribution in [-0.4, -0.2) is 5.91 Å². The van der Waals surface area contributed by atoms with Crippen LogP contribution in [0.5, 0.6) is 0 Å². The Hall–Kier alpha value is -2.59. The number of rotatable bonds is 4. The zero-order valence-corrected chi connectivity index (χ0v) is 17.3. The maximum atomic E-state index is 12.7. The second kappa shape index (κ2) is 7.97. The smallest absolute Gasteiger partial charge is 0.255 e. The Morgan fingerprint density at radius 1 is 0.852 bits per heavy atom. The Bertz CT molecular complexity index is 943. The number of hydrogen-bond donors (Lipinski definition) is 2. The van der Waals surface area contributed by atoms with Gasteiger partial charge in [-0.15, -0.1) is 0 Å². The molecule has 0 saturated carbocycles. The van der Waals surface area contributed by atoms with Crippen molar-refractivity contribution in [3.63, 3.8) is 0 Å². The molecule has 0 atom stereocenters. The lowest BCUT2D eigenvalue weighted by Gasteiger charge is -2.19. The van der Waals surface area contributed by atoms with Crippen LogP contribution in [-0.2, 0) is 5.41 Å². The summed E-state index contributed by atoms with van der Waals surface area (Å²) >= 11 is 3.47. The molecule has 0 aliphatic rings. The van der Waals surface area contributed by atoms with Gasteiger partial charge in [0.05, 0.1) is 11.4 Å². The molecule has 2 N–H and O–H groups in total. The fraction of sp³-hybridized carbons (Fsp3) is 0.174. The van der Waals surface area contributed by atoms with Gasteiger partial charge in [-0.2, -0.15) is 0 Å². The number of hydrogen-bond acceptors (Lipinski definition) is 2. The normalized spacial score (nSPS) is 11.1. The van der Waals surface area contributed by atoms with E-state index in [2.05, 4.69) is 47.3 Å². The molecular formula is C23H23BrN2O. The first-order valence-electron chi connectivity index (χ1n) is 8.86. The van der Waals surface area contributed by atoms with E-state index in [1.807, 2.05) is 72.8 Å².